The van der Waals surface area contributed by atoms with Crippen molar-refractivity contribution < 1.29 is 9.13 Å². The second-order valence-electron chi connectivity index (χ2n) is 4.78. The normalized spacial score (nSPS) is 19.1. The highest BCUT2D eigenvalue weighted by Gasteiger charge is 2.36. The quantitative estimate of drug-likeness (QED) is 0.854. The first-order chi connectivity index (χ1) is 8.13. The number of benzene rings is 1. The number of ether oxygens (including phenoxy) is 1. The summed E-state index contributed by atoms with van der Waals surface area (Å²) >= 11 is 0. The lowest BCUT2D eigenvalue weighted by atomic mass is 9.95. The molecule has 2 N–H and O–H groups in total. The molecule has 0 aliphatic heterocycles. The third-order valence-electron chi connectivity index (χ3n) is 3.40. The fourth-order valence-electron chi connectivity index (χ4n) is 2.30. The van der Waals surface area contributed by atoms with Gasteiger partial charge in [0.05, 0.1) is 12.1 Å². The van der Waals surface area contributed by atoms with Crippen LogP contribution in [0.15, 0.2) is 18.2 Å². The van der Waals surface area contributed by atoms with Gasteiger partial charge >= 0.3 is 0 Å². The minimum atomic E-state index is -0.230. The highest BCUT2D eigenvalue weighted by molar-refractivity contribution is 5.30. The van der Waals surface area contributed by atoms with Crippen LogP contribution in [-0.4, -0.2) is 12.7 Å². The molecule has 0 spiro atoms. The third-order valence-corrected chi connectivity index (χ3v) is 3.40. The molecule has 94 valence electrons. The Kier molecular flexibility index (Phi) is 3.79. The molecule has 0 saturated heterocycles. The Hall–Kier alpha value is -0.930. The average Bonchev–Trinajstić information content (AvgIpc) is 3.12. The van der Waals surface area contributed by atoms with Gasteiger partial charge in [-0.2, -0.15) is 0 Å². The van der Waals surface area contributed by atoms with Crippen molar-refractivity contribution in [1.29, 1.82) is 0 Å². The van der Waals surface area contributed by atoms with Gasteiger partial charge < -0.3 is 10.5 Å². The molecule has 0 bridgehead atoms. The number of rotatable bonds is 5. The Morgan fingerprint density at radius 3 is 2.76 bits per heavy atom. The Morgan fingerprint density at radius 2 is 2.18 bits per heavy atom. The van der Waals surface area contributed by atoms with Gasteiger partial charge in [0.1, 0.15) is 5.82 Å². The molecule has 1 aromatic rings. The fraction of sp³-hybridized carbons (Fsp3) is 0.571. The maximum absolute atomic E-state index is 13.3. The molecule has 1 aromatic carbocycles. The first kappa shape index (κ1) is 12.5. The maximum atomic E-state index is 13.3. The molecule has 0 radical (unpaired) electrons. The van der Waals surface area contributed by atoms with Gasteiger partial charge in [-0.3, -0.25) is 0 Å². The molecule has 2 nitrogen and oxygen atoms in total. The van der Waals surface area contributed by atoms with E-state index in [2.05, 4.69) is 0 Å². The van der Waals surface area contributed by atoms with E-state index in [1.807, 2.05) is 13.8 Å². The van der Waals surface area contributed by atoms with Crippen LogP contribution in [0.3, 0.4) is 0 Å². The molecule has 1 saturated carbocycles. The molecule has 1 fully saturated rings. The van der Waals surface area contributed by atoms with Gasteiger partial charge in [0.25, 0.3) is 0 Å². The van der Waals surface area contributed by atoms with Gasteiger partial charge in [0.2, 0.25) is 0 Å². The summed E-state index contributed by atoms with van der Waals surface area (Å²) in [6.07, 6.45) is 2.37. The SMILES string of the molecule is CCOC(C1CC1)C(N)c1cc(F)ccc1C. The zero-order valence-corrected chi connectivity index (χ0v) is 10.4. The van der Waals surface area contributed by atoms with Crippen LogP contribution in [0.2, 0.25) is 0 Å². The van der Waals surface area contributed by atoms with E-state index in [0.29, 0.717) is 12.5 Å². The number of nitrogens with two attached hydrogens (primary N) is 1. The van der Waals surface area contributed by atoms with Gasteiger partial charge in [-0.05, 0) is 55.9 Å². The summed E-state index contributed by atoms with van der Waals surface area (Å²) in [6.45, 7) is 4.59. The Morgan fingerprint density at radius 1 is 1.47 bits per heavy atom. The van der Waals surface area contributed by atoms with Gasteiger partial charge in [0, 0.05) is 6.61 Å². The van der Waals surface area contributed by atoms with Crippen molar-refractivity contribution >= 4 is 0 Å². The molecule has 0 amide bonds. The number of aryl methyl sites for hydroxylation is 1. The van der Waals surface area contributed by atoms with Crippen LogP contribution < -0.4 is 5.73 Å². The third kappa shape index (κ3) is 2.85. The van der Waals surface area contributed by atoms with E-state index in [9.17, 15) is 4.39 Å². The topological polar surface area (TPSA) is 35.2 Å². The van der Waals surface area contributed by atoms with E-state index >= 15 is 0 Å². The fourth-order valence-corrected chi connectivity index (χ4v) is 2.30. The predicted octanol–water partition coefficient (Wildman–Crippen LogP) is 2.95. The van der Waals surface area contributed by atoms with E-state index in [4.69, 9.17) is 10.5 Å². The van der Waals surface area contributed by atoms with E-state index in [1.54, 1.807) is 6.07 Å². The summed E-state index contributed by atoms with van der Waals surface area (Å²) in [7, 11) is 0. The maximum Gasteiger partial charge on any atom is 0.123 e. The first-order valence-electron chi connectivity index (χ1n) is 6.26. The summed E-state index contributed by atoms with van der Waals surface area (Å²) < 4.78 is 19.0. The lowest BCUT2D eigenvalue weighted by Gasteiger charge is -2.25. The van der Waals surface area contributed by atoms with E-state index in [1.165, 1.54) is 25.0 Å². The Bertz CT molecular complexity index is 390. The van der Waals surface area contributed by atoms with Crippen LogP contribution in [0.5, 0.6) is 0 Å². The van der Waals surface area contributed by atoms with Crippen molar-refractivity contribution in [3.05, 3.63) is 35.1 Å². The molecule has 0 heterocycles. The molecule has 0 aromatic heterocycles. The molecule has 2 rings (SSSR count). The highest BCUT2D eigenvalue weighted by atomic mass is 19.1. The number of halogens is 1. The molecule has 1 aliphatic carbocycles. The molecule has 3 heteroatoms. The summed E-state index contributed by atoms with van der Waals surface area (Å²) in [4.78, 5) is 0. The summed E-state index contributed by atoms with van der Waals surface area (Å²) in [6, 6.07) is 4.56. The number of hydrogen-bond donors (Lipinski definition) is 1. The van der Waals surface area contributed by atoms with Crippen LogP contribution in [0.25, 0.3) is 0 Å². The Balaban J connectivity index is 2.21. The van der Waals surface area contributed by atoms with Crippen LogP contribution in [0.1, 0.15) is 36.9 Å². The van der Waals surface area contributed by atoms with Crippen LogP contribution >= 0.6 is 0 Å². The van der Waals surface area contributed by atoms with Crippen molar-refractivity contribution in [2.45, 2.75) is 38.8 Å². The molecule has 2 unspecified atom stereocenters. The lowest BCUT2D eigenvalue weighted by Crippen LogP contribution is -2.31. The van der Waals surface area contributed by atoms with E-state index in [0.717, 1.165) is 11.1 Å². The van der Waals surface area contributed by atoms with Gasteiger partial charge in [-0.25, -0.2) is 4.39 Å². The van der Waals surface area contributed by atoms with Crippen molar-refractivity contribution in [2.24, 2.45) is 11.7 Å². The summed E-state index contributed by atoms with van der Waals surface area (Å²) in [5.74, 6) is 0.319. The molecule has 2 atom stereocenters. The van der Waals surface area contributed by atoms with Crippen molar-refractivity contribution in [3.8, 4) is 0 Å². The Labute approximate surface area is 102 Å². The van der Waals surface area contributed by atoms with E-state index < -0.39 is 0 Å². The van der Waals surface area contributed by atoms with Gasteiger partial charge in [-0.1, -0.05) is 6.07 Å². The predicted molar refractivity (Wildman–Crippen MR) is 66.2 cm³/mol. The van der Waals surface area contributed by atoms with Crippen molar-refractivity contribution in [1.82, 2.24) is 0 Å². The van der Waals surface area contributed by atoms with Crippen LogP contribution in [0.4, 0.5) is 4.39 Å². The minimum Gasteiger partial charge on any atom is -0.376 e. The zero-order valence-electron chi connectivity index (χ0n) is 10.4. The largest absolute Gasteiger partial charge is 0.376 e. The smallest absolute Gasteiger partial charge is 0.123 e. The zero-order chi connectivity index (χ0) is 12.4. The molecule has 1 aliphatic rings. The van der Waals surface area contributed by atoms with E-state index in [-0.39, 0.29) is 18.0 Å². The highest BCUT2D eigenvalue weighted by Crippen LogP contribution is 2.39. The molecule has 17 heavy (non-hydrogen) atoms. The molecular formula is C14H20FNO. The minimum absolute atomic E-state index is 0.0282. The standard InChI is InChI=1S/C14H20FNO/c1-3-17-14(10-5-6-10)13(16)12-8-11(15)7-4-9(12)2/h4,7-8,10,13-14H,3,5-6,16H2,1-2H3. The average molecular weight is 237 g/mol. The van der Waals surface area contributed by atoms with Crippen LogP contribution in [-0.2, 0) is 4.74 Å². The van der Waals surface area contributed by atoms with Crippen LogP contribution in [0, 0.1) is 18.7 Å². The van der Waals surface area contributed by atoms with Gasteiger partial charge in [0.15, 0.2) is 0 Å². The monoisotopic (exact) mass is 237 g/mol. The van der Waals surface area contributed by atoms with Gasteiger partial charge in [-0.15, -0.1) is 0 Å². The summed E-state index contributed by atoms with van der Waals surface area (Å²) in [5, 5.41) is 0. The number of hydrogen-bond acceptors (Lipinski definition) is 2. The second kappa shape index (κ2) is 5.15. The first-order valence-corrected chi connectivity index (χ1v) is 6.26. The second-order valence-corrected chi connectivity index (χ2v) is 4.78. The van der Waals surface area contributed by atoms with Crippen molar-refractivity contribution in [2.75, 3.05) is 6.61 Å². The molecular weight excluding hydrogens is 217 g/mol. The van der Waals surface area contributed by atoms with Crippen molar-refractivity contribution in [3.63, 3.8) is 0 Å². The summed E-state index contributed by atoms with van der Waals surface area (Å²) in [5.41, 5.74) is 8.15. The lowest BCUT2D eigenvalue weighted by molar-refractivity contribution is 0.0281.